The van der Waals surface area contributed by atoms with E-state index in [0.717, 1.165) is 5.56 Å². The molecule has 0 bridgehead atoms. The normalized spacial score (nSPS) is 10.3. The van der Waals surface area contributed by atoms with Gasteiger partial charge < -0.3 is 14.8 Å². The minimum atomic E-state index is -0.529. The summed E-state index contributed by atoms with van der Waals surface area (Å²) in [6.07, 6.45) is 0.551. The van der Waals surface area contributed by atoms with Gasteiger partial charge in [0.1, 0.15) is 11.5 Å². The molecule has 0 fully saturated rings. The molecular formula is C27H28BrN3O5. The molecule has 188 valence electrons. The molecular weight excluding hydrogens is 526 g/mol. The van der Waals surface area contributed by atoms with Crippen molar-refractivity contribution in [1.82, 2.24) is 10.9 Å². The first-order valence-electron chi connectivity index (χ1n) is 11.5. The quantitative estimate of drug-likeness (QED) is 0.300. The van der Waals surface area contributed by atoms with Crippen LogP contribution in [0.15, 0.2) is 77.3 Å². The number of benzene rings is 3. The minimum Gasteiger partial charge on any atom is -0.494 e. The van der Waals surface area contributed by atoms with E-state index in [1.54, 1.807) is 42.5 Å². The molecule has 0 spiro atoms. The fourth-order valence-corrected chi connectivity index (χ4v) is 3.60. The molecule has 0 aromatic heterocycles. The maximum atomic E-state index is 12.7. The van der Waals surface area contributed by atoms with Gasteiger partial charge in [-0.3, -0.25) is 25.2 Å². The zero-order valence-electron chi connectivity index (χ0n) is 19.9. The summed E-state index contributed by atoms with van der Waals surface area (Å²) in [5, 5.41) is 2.72. The van der Waals surface area contributed by atoms with E-state index in [4.69, 9.17) is 9.47 Å². The van der Waals surface area contributed by atoms with Crippen LogP contribution in [0.2, 0.25) is 0 Å². The standard InChI is InChI=1S/C27H28BrN3O5/c1-2-35-22-11-9-21(10-12-22)29-25(32)14-15-26(33)30-31-27(34)23-18-20(28)8-13-24(23)36-17-16-19-6-4-3-5-7-19/h3-13,18H,2,14-17H2,1H3,(H,29,32)(H,30,33)(H,31,34). The van der Waals surface area contributed by atoms with Gasteiger partial charge in [0.15, 0.2) is 0 Å². The molecule has 0 saturated heterocycles. The first-order valence-corrected chi connectivity index (χ1v) is 12.3. The molecule has 0 atom stereocenters. The zero-order valence-corrected chi connectivity index (χ0v) is 21.5. The van der Waals surface area contributed by atoms with E-state index in [1.165, 1.54) is 0 Å². The van der Waals surface area contributed by atoms with Crippen molar-refractivity contribution in [2.75, 3.05) is 18.5 Å². The molecule has 0 aliphatic rings. The highest BCUT2D eigenvalue weighted by atomic mass is 79.9. The number of nitrogens with one attached hydrogen (secondary N) is 3. The third-order valence-corrected chi connectivity index (χ3v) is 5.51. The smallest absolute Gasteiger partial charge is 0.273 e. The Balaban J connectivity index is 1.44. The molecule has 0 unspecified atom stereocenters. The Bertz CT molecular complexity index is 1170. The lowest BCUT2D eigenvalue weighted by Gasteiger charge is -2.13. The van der Waals surface area contributed by atoms with Crippen molar-refractivity contribution in [3.8, 4) is 11.5 Å². The van der Waals surface area contributed by atoms with Crippen LogP contribution in [0.25, 0.3) is 0 Å². The number of hydrogen-bond donors (Lipinski definition) is 3. The summed E-state index contributed by atoms with van der Waals surface area (Å²) in [7, 11) is 0. The van der Waals surface area contributed by atoms with E-state index in [2.05, 4.69) is 32.1 Å². The van der Waals surface area contributed by atoms with Gasteiger partial charge in [0.2, 0.25) is 11.8 Å². The Morgan fingerprint density at radius 3 is 2.28 bits per heavy atom. The summed E-state index contributed by atoms with van der Waals surface area (Å²) in [6.45, 7) is 2.84. The molecule has 3 rings (SSSR count). The van der Waals surface area contributed by atoms with Crippen LogP contribution in [-0.4, -0.2) is 30.9 Å². The van der Waals surface area contributed by atoms with Crippen LogP contribution < -0.4 is 25.6 Å². The van der Waals surface area contributed by atoms with Crippen molar-refractivity contribution in [1.29, 1.82) is 0 Å². The lowest BCUT2D eigenvalue weighted by molar-refractivity contribution is -0.124. The predicted octanol–water partition coefficient (Wildman–Crippen LogP) is 4.65. The fraction of sp³-hybridized carbons (Fsp3) is 0.222. The van der Waals surface area contributed by atoms with Crippen molar-refractivity contribution in [2.45, 2.75) is 26.2 Å². The van der Waals surface area contributed by atoms with Gasteiger partial charge in [-0.05, 0) is 55.0 Å². The summed E-state index contributed by atoms with van der Waals surface area (Å²) < 4.78 is 11.9. The topological polar surface area (TPSA) is 106 Å². The van der Waals surface area contributed by atoms with E-state index in [9.17, 15) is 14.4 Å². The Morgan fingerprint density at radius 1 is 0.833 bits per heavy atom. The molecule has 3 amide bonds. The van der Waals surface area contributed by atoms with Gasteiger partial charge in [0.25, 0.3) is 5.91 Å². The number of carbonyl (C=O) groups excluding carboxylic acids is 3. The Labute approximate surface area is 218 Å². The second-order valence-corrected chi connectivity index (χ2v) is 8.65. The van der Waals surface area contributed by atoms with Crippen molar-refractivity contribution in [3.05, 3.63) is 88.4 Å². The van der Waals surface area contributed by atoms with Crippen LogP contribution in [-0.2, 0) is 16.0 Å². The Hall–Kier alpha value is -3.85. The molecule has 36 heavy (non-hydrogen) atoms. The van der Waals surface area contributed by atoms with Crippen molar-refractivity contribution in [3.63, 3.8) is 0 Å². The van der Waals surface area contributed by atoms with Crippen LogP contribution in [0.3, 0.4) is 0 Å². The van der Waals surface area contributed by atoms with Gasteiger partial charge in [-0.25, -0.2) is 0 Å². The Kier molecular flexibility index (Phi) is 10.3. The monoisotopic (exact) mass is 553 g/mol. The minimum absolute atomic E-state index is 0.0420. The molecule has 0 saturated carbocycles. The lowest BCUT2D eigenvalue weighted by atomic mass is 10.1. The highest BCUT2D eigenvalue weighted by Gasteiger charge is 2.15. The fourth-order valence-electron chi connectivity index (χ4n) is 3.24. The van der Waals surface area contributed by atoms with Gasteiger partial charge >= 0.3 is 0 Å². The predicted molar refractivity (Wildman–Crippen MR) is 141 cm³/mol. The number of hydrogen-bond acceptors (Lipinski definition) is 5. The second-order valence-electron chi connectivity index (χ2n) is 7.73. The Morgan fingerprint density at radius 2 is 1.56 bits per heavy atom. The maximum absolute atomic E-state index is 12.7. The highest BCUT2D eigenvalue weighted by Crippen LogP contribution is 2.23. The number of amides is 3. The molecule has 0 heterocycles. The first-order chi connectivity index (χ1) is 17.4. The van der Waals surface area contributed by atoms with Gasteiger partial charge in [0.05, 0.1) is 18.8 Å². The number of anilines is 1. The van der Waals surface area contributed by atoms with Gasteiger partial charge in [-0.1, -0.05) is 46.3 Å². The van der Waals surface area contributed by atoms with Crippen LogP contribution in [0, 0.1) is 0 Å². The molecule has 8 nitrogen and oxygen atoms in total. The molecule has 0 radical (unpaired) electrons. The lowest BCUT2D eigenvalue weighted by Crippen LogP contribution is -2.42. The largest absolute Gasteiger partial charge is 0.494 e. The average molecular weight is 554 g/mol. The summed E-state index contributed by atoms with van der Waals surface area (Å²) >= 11 is 3.35. The van der Waals surface area contributed by atoms with Crippen LogP contribution >= 0.6 is 15.9 Å². The highest BCUT2D eigenvalue weighted by molar-refractivity contribution is 9.10. The summed E-state index contributed by atoms with van der Waals surface area (Å²) in [6, 6.07) is 21.9. The number of carbonyl (C=O) groups is 3. The van der Waals surface area contributed by atoms with Crippen molar-refractivity contribution in [2.24, 2.45) is 0 Å². The number of ether oxygens (including phenoxy) is 2. The SMILES string of the molecule is CCOc1ccc(NC(=O)CCC(=O)NNC(=O)c2cc(Br)ccc2OCCc2ccccc2)cc1. The summed E-state index contributed by atoms with van der Waals surface area (Å²) in [4.78, 5) is 37.0. The molecule has 0 aliphatic heterocycles. The van der Waals surface area contributed by atoms with Crippen molar-refractivity contribution < 1.29 is 23.9 Å². The molecule has 9 heteroatoms. The van der Waals surface area contributed by atoms with Gasteiger partial charge in [-0.2, -0.15) is 0 Å². The first kappa shape index (κ1) is 26.7. The van der Waals surface area contributed by atoms with E-state index in [1.807, 2.05) is 37.3 Å². The summed E-state index contributed by atoms with van der Waals surface area (Å²) in [5.74, 6) is -0.233. The van der Waals surface area contributed by atoms with E-state index >= 15 is 0 Å². The third kappa shape index (κ3) is 8.74. The average Bonchev–Trinajstić information content (AvgIpc) is 2.89. The number of rotatable bonds is 11. The van der Waals surface area contributed by atoms with Gasteiger partial charge in [-0.15, -0.1) is 0 Å². The molecule has 3 aromatic carbocycles. The molecule has 3 N–H and O–H groups in total. The van der Waals surface area contributed by atoms with Crippen LogP contribution in [0.5, 0.6) is 11.5 Å². The van der Waals surface area contributed by atoms with Crippen molar-refractivity contribution >= 4 is 39.3 Å². The molecule has 3 aromatic rings. The third-order valence-electron chi connectivity index (χ3n) is 5.02. The summed E-state index contributed by atoms with van der Waals surface area (Å²) in [5.41, 5.74) is 6.72. The van der Waals surface area contributed by atoms with Crippen LogP contribution in [0.1, 0.15) is 35.7 Å². The maximum Gasteiger partial charge on any atom is 0.273 e. The number of halogens is 1. The zero-order chi connectivity index (χ0) is 25.8. The van der Waals surface area contributed by atoms with Gasteiger partial charge in [0, 0.05) is 29.4 Å². The van der Waals surface area contributed by atoms with E-state index < -0.39 is 11.8 Å². The number of hydrazine groups is 1. The second kappa shape index (κ2) is 13.9. The van der Waals surface area contributed by atoms with Crippen LogP contribution in [0.4, 0.5) is 5.69 Å². The molecule has 0 aliphatic carbocycles. The van der Waals surface area contributed by atoms with E-state index in [0.29, 0.717) is 41.3 Å². The van der Waals surface area contributed by atoms with E-state index in [-0.39, 0.29) is 24.3 Å².